The van der Waals surface area contributed by atoms with Gasteiger partial charge in [0.2, 0.25) is 5.91 Å². The monoisotopic (exact) mass is 237 g/mol. The molecule has 0 spiro atoms. The highest BCUT2D eigenvalue weighted by Crippen LogP contribution is 2.09. The fourth-order valence-corrected chi connectivity index (χ4v) is 2.06. The van der Waals surface area contributed by atoms with Crippen LogP contribution in [0.4, 0.5) is 0 Å². The van der Waals surface area contributed by atoms with E-state index in [1.54, 1.807) is 10.9 Å². The summed E-state index contributed by atoms with van der Waals surface area (Å²) in [6.45, 7) is 2.60. The Morgan fingerprint density at radius 1 is 1.35 bits per heavy atom. The van der Waals surface area contributed by atoms with Gasteiger partial charge in [0, 0.05) is 25.7 Å². The van der Waals surface area contributed by atoms with Crippen molar-refractivity contribution in [3.8, 4) is 0 Å². The van der Waals surface area contributed by atoms with Crippen LogP contribution in [0.5, 0.6) is 0 Å². The summed E-state index contributed by atoms with van der Waals surface area (Å²) in [5.74, 6) is 0.133. The van der Waals surface area contributed by atoms with Crippen LogP contribution in [0, 0.1) is 0 Å². The number of carbonyl (C=O) groups excluding carboxylic acids is 1. The number of nitrogens with two attached hydrogens (primary N) is 1. The minimum absolute atomic E-state index is 0.133. The average molecular weight is 237 g/mol. The predicted octanol–water partition coefficient (Wildman–Crippen LogP) is -0.208. The van der Waals surface area contributed by atoms with Crippen LogP contribution >= 0.6 is 0 Å². The van der Waals surface area contributed by atoms with E-state index in [4.69, 9.17) is 5.73 Å². The van der Waals surface area contributed by atoms with Gasteiger partial charge in [0.05, 0.1) is 5.69 Å². The molecule has 1 amide bonds. The van der Waals surface area contributed by atoms with Gasteiger partial charge in [-0.15, -0.1) is 5.10 Å². The predicted molar refractivity (Wildman–Crippen MR) is 63.2 cm³/mol. The van der Waals surface area contributed by atoms with E-state index in [9.17, 15) is 4.79 Å². The normalized spacial score (nSPS) is 16.2. The first-order chi connectivity index (χ1) is 8.29. The number of amides is 1. The minimum atomic E-state index is 0.133. The molecule has 0 radical (unpaired) electrons. The van der Waals surface area contributed by atoms with E-state index >= 15 is 0 Å². The summed E-state index contributed by atoms with van der Waals surface area (Å²) in [5, 5.41) is 7.90. The van der Waals surface area contributed by atoms with Gasteiger partial charge in [0.15, 0.2) is 0 Å². The molecule has 0 aliphatic carbocycles. The van der Waals surface area contributed by atoms with Gasteiger partial charge in [0.25, 0.3) is 0 Å². The van der Waals surface area contributed by atoms with Gasteiger partial charge in [-0.3, -0.25) is 4.79 Å². The first-order valence-corrected chi connectivity index (χ1v) is 6.16. The van der Waals surface area contributed by atoms with Gasteiger partial charge in [-0.1, -0.05) is 5.21 Å². The molecule has 94 valence electrons. The summed E-state index contributed by atoms with van der Waals surface area (Å²) in [6, 6.07) is 0. The number of carbonyl (C=O) groups is 1. The zero-order valence-electron chi connectivity index (χ0n) is 10.0. The fourth-order valence-electron chi connectivity index (χ4n) is 2.06. The summed E-state index contributed by atoms with van der Waals surface area (Å²) in [4.78, 5) is 13.9. The Kier molecular flexibility index (Phi) is 4.08. The molecule has 1 aliphatic heterocycles. The third-order valence-electron chi connectivity index (χ3n) is 2.99. The van der Waals surface area contributed by atoms with Crippen molar-refractivity contribution in [3.63, 3.8) is 0 Å². The molecule has 6 nitrogen and oxygen atoms in total. The van der Waals surface area contributed by atoms with Crippen LogP contribution in [0.2, 0.25) is 0 Å². The van der Waals surface area contributed by atoms with E-state index in [0.717, 1.165) is 31.6 Å². The molecule has 2 rings (SSSR count). The van der Waals surface area contributed by atoms with E-state index in [-0.39, 0.29) is 12.5 Å². The van der Waals surface area contributed by atoms with E-state index in [1.165, 1.54) is 6.42 Å². The van der Waals surface area contributed by atoms with E-state index in [0.29, 0.717) is 13.0 Å². The molecule has 0 atom stereocenters. The molecule has 0 unspecified atom stereocenters. The van der Waals surface area contributed by atoms with Gasteiger partial charge in [0.1, 0.15) is 6.54 Å². The minimum Gasteiger partial charge on any atom is -0.341 e. The molecule has 1 aromatic rings. The molecule has 2 N–H and O–H groups in total. The molecule has 0 aromatic carbocycles. The first-order valence-electron chi connectivity index (χ1n) is 6.16. The SMILES string of the molecule is NCCc1cn(CC(=O)N2CCCCC2)nn1. The quantitative estimate of drug-likeness (QED) is 0.786. The molecule has 1 aromatic heterocycles. The van der Waals surface area contributed by atoms with Crippen molar-refractivity contribution < 1.29 is 4.79 Å². The Morgan fingerprint density at radius 3 is 2.82 bits per heavy atom. The summed E-state index contributed by atoms with van der Waals surface area (Å²) >= 11 is 0. The van der Waals surface area contributed by atoms with Crippen LogP contribution in [0.15, 0.2) is 6.20 Å². The second-order valence-electron chi connectivity index (χ2n) is 4.39. The maximum atomic E-state index is 11.9. The fraction of sp³-hybridized carbons (Fsp3) is 0.727. The second kappa shape index (κ2) is 5.77. The smallest absolute Gasteiger partial charge is 0.244 e. The Morgan fingerprint density at radius 2 is 2.12 bits per heavy atom. The highest BCUT2D eigenvalue weighted by molar-refractivity contribution is 5.75. The molecule has 0 saturated carbocycles. The Hall–Kier alpha value is -1.43. The average Bonchev–Trinajstić information content (AvgIpc) is 2.78. The van der Waals surface area contributed by atoms with Crippen LogP contribution in [0.3, 0.4) is 0 Å². The molecular formula is C11H19N5O. The van der Waals surface area contributed by atoms with Gasteiger partial charge in [-0.05, 0) is 25.8 Å². The zero-order valence-corrected chi connectivity index (χ0v) is 10.0. The second-order valence-corrected chi connectivity index (χ2v) is 4.39. The van der Waals surface area contributed by atoms with Crippen LogP contribution < -0.4 is 5.73 Å². The van der Waals surface area contributed by atoms with E-state index in [1.807, 2.05) is 4.90 Å². The van der Waals surface area contributed by atoms with Gasteiger partial charge >= 0.3 is 0 Å². The van der Waals surface area contributed by atoms with E-state index < -0.39 is 0 Å². The van der Waals surface area contributed by atoms with Crippen LogP contribution in [-0.4, -0.2) is 45.4 Å². The van der Waals surface area contributed by atoms with E-state index in [2.05, 4.69) is 10.3 Å². The maximum absolute atomic E-state index is 11.9. The Balaban J connectivity index is 1.88. The lowest BCUT2D eigenvalue weighted by molar-refractivity contribution is -0.132. The van der Waals surface area contributed by atoms with Gasteiger partial charge in [-0.2, -0.15) is 0 Å². The van der Waals surface area contributed by atoms with Crippen molar-refractivity contribution in [3.05, 3.63) is 11.9 Å². The zero-order chi connectivity index (χ0) is 12.1. The summed E-state index contributed by atoms with van der Waals surface area (Å²) in [7, 11) is 0. The number of nitrogens with zero attached hydrogens (tertiary/aromatic N) is 4. The maximum Gasteiger partial charge on any atom is 0.244 e. The standard InChI is InChI=1S/C11H19N5O/c12-5-4-10-8-16(14-13-10)9-11(17)15-6-2-1-3-7-15/h8H,1-7,9,12H2. The number of likely N-dealkylation sites (tertiary alicyclic amines) is 1. The number of hydrogen-bond acceptors (Lipinski definition) is 4. The van der Waals surface area contributed by atoms with Crippen LogP contribution in [0.25, 0.3) is 0 Å². The molecule has 6 heteroatoms. The van der Waals surface area contributed by atoms with Crippen LogP contribution in [-0.2, 0) is 17.8 Å². The Labute approximate surface area is 101 Å². The lowest BCUT2D eigenvalue weighted by Gasteiger charge is -2.26. The Bertz CT molecular complexity index is 370. The molecule has 1 aliphatic rings. The topological polar surface area (TPSA) is 77.0 Å². The molecular weight excluding hydrogens is 218 g/mol. The van der Waals surface area contributed by atoms with Crippen molar-refractivity contribution in [2.75, 3.05) is 19.6 Å². The number of hydrogen-bond donors (Lipinski definition) is 1. The van der Waals surface area contributed by atoms with Gasteiger partial charge in [-0.25, -0.2) is 4.68 Å². The number of aromatic nitrogens is 3. The lowest BCUT2D eigenvalue weighted by atomic mass is 10.1. The molecule has 1 saturated heterocycles. The highest BCUT2D eigenvalue weighted by atomic mass is 16.2. The van der Waals surface area contributed by atoms with Crippen molar-refractivity contribution in [1.82, 2.24) is 19.9 Å². The number of rotatable bonds is 4. The summed E-state index contributed by atoms with van der Waals surface area (Å²) < 4.78 is 1.60. The molecule has 1 fully saturated rings. The van der Waals surface area contributed by atoms with Crippen molar-refractivity contribution in [2.45, 2.75) is 32.2 Å². The van der Waals surface area contributed by atoms with Crippen molar-refractivity contribution in [2.24, 2.45) is 5.73 Å². The van der Waals surface area contributed by atoms with Crippen molar-refractivity contribution >= 4 is 5.91 Å². The lowest BCUT2D eigenvalue weighted by Crippen LogP contribution is -2.37. The largest absolute Gasteiger partial charge is 0.341 e. The highest BCUT2D eigenvalue weighted by Gasteiger charge is 2.17. The van der Waals surface area contributed by atoms with Crippen LogP contribution in [0.1, 0.15) is 25.0 Å². The molecule has 0 bridgehead atoms. The summed E-state index contributed by atoms with van der Waals surface area (Å²) in [5.41, 5.74) is 6.28. The first kappa shape index (κ1) is 12.0. The van der Waals surface area contributed by atoms with Crippen molar-refractivity contribution in [1.29, 1.82) is 0 Å². The molecule has 2 heterocycles. The third kappa shape index (κ3) is 3.26. The van der Waals surface area contributed by atoms with Gasteiger partial charge < -0.3 is 10.6 Å². The third-order valence-corrected chi connectivity index (χ3v) is 2.99. The number of piperidine rings is 1. The molecule has 17 heavy (non-hydrogen) atoms. The summed E-state index contributed by atoms with van der Waals surface area (Å²) in [6.07, 6.45) is 5.96.